The van der Waals surface area contributed by atoms with Crippen molar-refractivity contribution in [1.29, 1.82) is 5.26 Å². The van der Waals surface area contributed by atoms with Gasteiger partial charge >= 0.3 is 0 Å². The van der Waals surface area contributed by atoms with Gasteiger partial charge in [-0.05, 0) is 41.2 Å². The summed E-state index contributed by atoms with van der Waals surface area (Å²) in [6, 6.07) is 6.45. The van der Waals surface area contributed by atoms with Crippen molar-refractivity contribution in [3.8, 4) is 11.8 Å². The molecule has 41 heavy (non-hydrogen) atoms. The van der Waals surface area contributed by atoms with Gasteiger partial charge in [0.2, 0.25) is 17.7 Å². The molecule has 11 nitrogen and oxygen atoms in total. The molecule has 1 aromatic carbocycles. The zero-order chi connectivity index (χ0) is 29.7. The molecule has 1 aromatic rings. The quantitative estimate of drug-likeness (QED) is 0.457. The Hall–Kier alpha value is -3.65. The van der Waals surface area contributed by atoms with E-state index in [1.807, 2.05) is 20.8 Å². The van der Waals surface area contributed by atoms with Gasteiger partial charge in [0, 0.05) is 19.6 Å². The van der Waals surface area contributed by atoms with Crippen LogP contribution in [0.5, 0.6) is 5.75 Å². The molecule has 3 aliphatic heterocycles. The number of hydrogen-bond donors (Lipinski definition) is 3. The lowest BCUT2D eigenvalue weighted by atomic mass is 9.84. The zero-order valence-corrected chi connectivity index (χ0v) is 24.2. The second-order valence-corrected chi connectivity index (χ2v) is 13.3. The predicted octanol–water partition coefficient (Wildman–Crippen LogP) is 1.83. The molecule has 5 rings (SSSR count). The maximum Gasteiger partial charge on any atom is 0.265 e. The first kappa shape index (κ1) is 28.9. The Morgan fingerprint density at radius 3 is 2.59 bits per heavy atom. The molecule has 1 saturated carbocycles. The summed E-state index contributed by atoms with van der Waals surface area (Å²) in [5.74, 6) is -1.13. The van der Waals surface area contributed by atoms with Gasteiger partial charge in [-0.3, -0.25) is 19.2 Å². The summed E-state index contributed by atoms with van der Waals surface area (Å²) in [6.07, 6.45) is -0.403. The molecule has 1 aliphatic carbocycles. The Kier molecular flexibility index (Phi) is 7.49. The number of fused-ring (bicyclic) bond motifs is 2. The number of nitriles is 1. The Balaban J connectivity index is 1.31. The van der Waals surface area contributed by atoms with Gasteiger partial charge < -0.3 is 30.3 Å². The number of ether oxygens (including phenoxy) is 2. The van der Waals surface area contributed by atoms with Crippen LogP contribution in [-0.4, -0.2) is 72.5 Å². The van der Waals surface area contributed by atoms with Crippen LogP contribution in [0.2, 0.25) is 0 Å². The van der Waals surface area contributed by atoms with E-state index in [2.05, 4.69) is 35.9 Å². The van der Waals surface area contributed by atoms with E-state index in [9.17, 15) is 24.4 Å². The molecule has 2 unspecified atom stereocenters. The summed E-state index contributed by atoms with van der Waals surface area (Å²) >= 11 is 0. The highest BCUT2D eigenvalue weighted by Crippen LogP contribution is 2.65. The van der Waals surface area contributed by atoms with E-state index in [0.717, 1.165) is 0 Å². The molecule has 3 fully saturated rings. The van der Waals surface area contributed by atoms with Gasteiger partial charge in [0.15, 0.2) is 6.10 Å². The second-order valence-electron chi connectivity index (χ2n) is 13.3. The number of para-hydroxylation sites is 2. The van der Waals surface area contributed by atoms with Gasteiger partial charge in [-0.1, -0.05) is 46.8 Å². The lowest BCUT2D eigenvalue weighted by molar-refractivity contribution is -0.146. The Bertz CT molecular complexity index is 1280. The number of benzene rings is 1. The highest BCUT2D eigenvalue weighted by Gasteiger charge is 2.69. The fourth-order valence-corrected chi connectivity index (χ4v) is 6.49. The summed E-state index contributed by atoms with van der Waals surface area (Å²) in [5, 5.41) is 18.4. The third-order valence-corrected chi connectivity index (χ3v) is 9.09. The first-order valence-corrected chi connectivity index (χ1v) is 14.3. The molecule has 4 amide bonds. The standard InChI is InChI=1S/C30H39N5O6/c1-29(2,3)24(34-25(36)16-10-11-40-15-16)28(39)35-14-18-22(30(18,4)5)23(35)27(38)32-17(13-31)12-21-26(37)33-19-8-6-7-9-20(19)41-21/h6-9,16-18,21-24H,10-12,14-15H2,1-5H3,(H,32,38)(H,33,37)(H,34,36)/t16-,17?,18-,21-,22-,23-,24?/m0/s1. The number of anilines is 1. The molecule has 220 valence electrons. The smallest absolute Gasteiger partial charge is 0.265 e. The van der Waals surface area contributed by atoms with Crippen molar-refractivity contribution in [2.75, 3.05) is 25.1 Å². The minimum atomic E-state index is -1.01. The second kappa shape index (κ2) is 10.6. The van der Waals surface area contributed by atoms with Crippen molar-refractivity contribution in [2.45, 2.75) is 71.7 Å². The number of amides is 4. The number of piperidine rings is 1. The van der Waals surface area contributed by atoms with Gasteiger partial charge in [-0.2, -0.15) is 5.26 Å². The van der Waals surface area contributed by atoms with Crippen molar-refractivity contribution in [2.24, 2.45) is 28.6 Å². The molecule has 7 atom stereocenters. The monoisotopic (exact) mass is 565 g/mol. The first-order chi connectivity index (χ1) is 19.3. The van der Waals surface area contributed by atoms with E-state index in [0.29, 0.717) is 37.6 Å². The number of carbonyl (C=O) groups is 4. The lowest BCUT2D eigenvalue weighted by Gasteiger charge is -2.38. The molecule has 3 heterocycles. The van der Waals surface area contributed by atoms with Gasteiger partial charge in [0.1, 0.15) is 23.9 Å². The molecule has 11 heteroatoms. The molecular formula is C30H39N5O6. The minimum absolute atomic E-state index is 0.0509. The van der Waals surface area contributed by atoms with Crippen LogP contribution >= 0.6 is 0 Å². The molecule has 4 aliphatic rings. The summed E-state index contributed by atoms with van der Waals surface area (Å²) < 4.78 is 11.2. The average Bonchev–Trinajstić information content (AvgIpc) is 3.36. The zero-order valence-electron chi connectivity index (χ0n) is 24.2. The van der Waals surface area contributed by atoms with E-state index in [1.165, 1.54) is 0 Å². The number of likely N-dealkylation sites (tertiary alicyclic amines) is 1. The summed E-state index contributed by atoms with van der Waals surface area (Å²) in [6.45, 7) is 11.0. The van der Waals surface area contributed by atoms with Crippen LogP contribution in [0.25, 0.3) is 0 Å². The number of nitrogens with zero attached hydrogens (tertiary/aromatic N) is 2. The van der Waals surface area contributed by atoms with Crippen molar-refractivity contribution >= 4 is 29.3 Å². The van der Waals surface area contributed by atoms with Gasteiger partial charge in [0.05, 0.1) is 24.3 Å². The topological polar surface area (TPSA) is 150 Å². The summed E-state index contributed by atoms with van der Waals surface area (Å²) in [5.41, 5.74) is -0.194. The molecule has 0 aromatic heterocycles. The fraction of sp³-hybridized carbons (Fsp3) is 0.633. The van der Waals surface area contributed by atoms with Crippen molar-refractivity contribution in [3.63, 3.8) is 0 Å². The van der Waals surface area contributed by atoms with Crippen LogP contribution in [0.3, 0.4) is 0 Å². The largest absolute Gasteiger partial charge is 0.478 e. The molecule has 0 radical (unpaired) electrons. The van der Waals surface area contributed by atoms with Crippen LogP contribution in [-0.2, 0) is 23.9 Å². The Morgan fingerprint density at radius 2 is 1.93 bits per heavy atom. The minimum Gasteiger partial charge on any atom is -0.478 e. The lowest BCUT2D eigenvalue weighted by Crippen LogP contribution is -2.60. The van der Waals surface area contributed by atoms with Gasteiger partial charge in [-0.25, -0.2) is 0 Å². The van der Waals surface area contributed by atoms with E-state index >= 15 is 0 Å². The van der Waals surface area contributed by atoms with Crippen molar-refractivity contribution in [3.05, 3.63) is 24.3 Å². The van der Waals surface area contributed by atoms with E-state index in [1.54, 1.807) is 29.2 Å². The number of hydrogen-bond acceptors (Lipinski definition) is 7. The summed E-state index contributed by atoms with van der Waals surface area (Å²) in [7, 11) is 0. The first-order valence-electron chi connectivity index (χ1n) is 14.3. The molecule has 0 bridgehead atoms. The van der Waals surface area contributed by atoms with E-state index < -0.39 is 41.5 Å². The molecule has 0 spiro atoms. The molecule has 3 N–H and O–H groups in total. The van der Waals surface area contributed by atoms with E-state index in [-0.39, 0.29) is 41.4 Å². The Labute approximate surface area is 240 Å². The third-order valence-electron chi connectivity index (χ3n) is 9.09. The maximum atomic E-state index is 14.0. The average molecular weight is 566 g/mol. The summed E-state index contributed by atoms with van der Waals surface area (Å²) in [4.78, 5) is 55.0. The van der Waals surface area contributed by atoms with Crippen molar-refractivity contribution < 1.29 is 28.7 Å². The number of carbonyl (C=O) groups excluding carboxylic acids is 4. The number of nitrogens with one attached hydrogen (secondary N) is 3. The fourth-order valence-electron chi connectivity index (χ4n) is 6.49. The van der Waals surface area contributed by atoms with Crippen LogP contribution in [0.15, 0.2) is 24.3 Å². The molecule has 2 saturated heterocycles. The predicted molar refractivity (Wildman–Crippen MR) is 148 cm³/mol. The van der Waals surface area contributed by atoms with Crippen LogP contribution in [0.4, 0.5) is 5.69 Å². The van der Waals surface area contributed by atoms with Gasteiger partial charge in [-0.15, -0.1) is 0 Å². The highest BCUT2D eigenvalue weighted by atomic mass is 16.5. The normalized spacial score (nSPS) is 29.1. The van der Waals surface area contributed by atoms with E-state index in [4.69, 9.17) is 9.47 Å². The van der Waals surface area contributed by atoms with Gasteiger partial charge in [0.25, 0.3) is 5.91 Å². The molecular weight excluding hydrogens is 526 g/mol. The van der Waals surface area contributed by atoms with Crippen molar-refractivity contribution in [1.82, 2.24) is 15.5 Å². The SMILES string of the molecule is CC(C)(C)C(NC(=O)[C@H]1CCOC1)C(=O)N1C[C@H]2[C@@H]([C@H]1C(=O)NC(C#N)C[C@@H]1Oc3ccccc3NC1=O)C2(C)C. The van der Waals surface area contributed by atoms with Crippen LogP contribution in [0, 0.1) is 39.9 Å². The van der Waals surface area contributed by atoms with Crippen LogP contribution < -0.4 is 20.7 Å². The number of rotatable bonds is 7. The van der Waals surface area contributed by atoms with Crippen LogP contribution in [0.1, 0.15) is 47.5 Å². The maximum absolute atomic E-state index is 14.0. The highest BCUT2D eigenvalue weighted by molar-refractivity contribution is 5.98. The Morgan fingerprint density at radius 1 is 1.20 bits per heavy atom. The third kappa shape index (κ3) is 5.49.